The molecule has 3 unspecified atom stereocenters. The van der Waals surface area contributed by atoms with Crippen LogP contribution < -0.4 is 10.0 Å². The fourth-order valence-electron chi connectivity index (χ4n) is 2.70. The van der Waals surface area contributed by atoms with Crippen molar-refractivity contribution in [2.75, 3.05) is 0 Å². The highest BCUT2D eigenvalue weighted by atomic mass is 35.5. The van der Waals surface area contributed by atoms with Crippen LogP contribution >= 0.6 is 11.6 Å². The zero-order valence-corrected chi connectivity index (χ0v) is 17.6. The maximum atomic E-state index is 12.7. The van der Waals surface area contributed by atoms with Crippen LogP contribution in [0, 0.1) is 6.92 Å². The lowest BCUT2D eigenvalue weighted by Crippen LogP contribution is -2.52. The number of aliphatic hydroxyl groups is 1. The third-order valence-corrected chi connectivity index (χ3v) is 6.08. The van der Waals surface area contributed by atoms with Gasteiger partial charge in [0.25, 0.3) is 0 Å². The van der Waals surface area contributed by atoms with Gasteiger partial charge in [-0.1, -0.05) is 48.4 Å². The first-order valence-electron chi connectivity index (χ1n) is 8.97. The Hall–Kier alpha value is -1.93. The number of nitrogens with one attached hydrogen (secondary N) is 2. The van der Waals surface area contributed by atoms with Crippen molar-refractivity contribution in [1.82, 2.24) is 10.0 Å². The van der Waals surface area contributed by atoms with Gasteiger partial charge in [-0.15, -0.1) is 0 Å². The molecule has 3 N–H and O–H groups in total. The summed E-state index contributed by atoms with van der Waals surface area (Å²) in [5, 5.41) is 13.4. The van der Waals surface area contributed by atoms with E-state index in [0.29, 0.717) is 11.4 Å². The van der Waals surface area contributed by atoms with E-state index in [1.807, 2.05) is 13.8 Å². The third kappa shape index (κ3) is 5.78. The van der Waals surface area contributed by atoms with Gasteiger partial charge in [0, 0.05) is 5.02 Å². The number of aryl methyl sites for hydroxylation is 1. The molecule has 2 aromatic carbocycles. The van der Waals surface area contributed by atoms with E-state index in [9.17, 15) is 18.3 Å². The van der Waals surface area contributed by atoms with Crippen LogP contribution in [0.15, 0.2) is 53.4 Å². The van der Waals surface area contributed by atoms with Crippen LogP contribution in [-0.4, -0.2) is 31.6 Å². The Morgan fingerprint density at radius 2 is 1.68 bits per heavy atom. The second kappa shape index (κ2) is 9.52. The summed E-state index contributed by atoms with van der Waals surface area (Å²) in [6.45, 7) is 5.11. The van der Waals surface area contributed by atoms with Crippen LogP contribution in [0.3, 0.4) is 0 Å². The van der Waals surface area contributed by atoms with Gasteiger partial charge in [0.2, 0.25) is 15.9 Å². The fourth-order valence-corrected chi connectivity index (χ4v) is 4.10. The Bertz CT molecular complexity index is 897. The van der Waals surface area contributed by atoms with E-state index in [1.54, 1.807) is 36.4 Å². The molecule has 0 aliphatic heterocycles. The van der Waals surface area contributed by atoms with Gasteiger partial charge in [-0.25, -0.2) is 8.42 Å². The summed E-state index contributed by atoms with van der Waals surface area (Å²) < 4.78 is 27.5. The summed E-state index contributed by atoms with van der Waals surface area (Å²) in [6, 6.07) is 11.6. The smallest absolute Gasteiger partial charge is 0.241 e. The van der Waals surface area contributed by atoms with Gasteiger partial charge in [-0.2, -0.15) is 4.72 Å². The average Bonchev–Trinajstić information content (AvgIpc) is 2.65. The molecule has 3 atom stereocenters. The predicted octanol–water partition coefficient (Wildman–Crippen LogP) is 2.94. The molecule has 0 radical (unpaired) electrons. The zero-order chi connectivity index (χ0) is 20.9. The van der Waals surface area contributed by atoms with Crippen molar-refractivity contribution in [2.24, 2.45) is 0 Å². The molecular weight excluding hydrogens is 400 g/mol. The lowest BCUT2D eigenvalue weighted by atomic mass is 10.0. The van der Waals surface area contributed by atoms with E-state index in [1.165, 1.54) is 19.1 Å². The highest BCUT2D eigenvalue weighted by Crippen LogP contribution is 2.20. The van der Waals surface area contributed by atoms with E-state index in [4.69, 9.17) is 11.6 Å². The summed E-state index contributed by atoms with van der Waals surface area (Å²) in [5.41, 5.74) is 1.75. The van der Waals surface area contributed by atoms with Crippen LogP contribution in [0.5, 0.6) is 0 Å². The van der Waals surface area contributed by atoms with Crippen molar-refractivity contribution in [2.45, 2.75) is 50.3 Å². The van der Waals surface area contributed by atoms with E-state index < -0.39 is 28.1 Å². The largest absolute Gasteiger partial charge is 0.391 e. The van der Waals surface area contributed by atoms with Crippen molar-refractivity contribution in [3.63, 3.8) is 0 Å². The Kier molecular flexibility index (Phi) is 7.60. The molecule has 0 bridgehead atoms. The molecule has 0 aromatic heterocycles. The lowest BCUT2D eigenvalue weighted by molar-refractivity contribution is -0.125. The van der Waals surface area contributed by atoms with Crippen LogP contribution in [0.1, 0.15) is 37.4 Å². The Morgan fingerprint density at radius 1 is 1.11 bits per heavy atom. The third-order valence-electron chi connectivity index (χ3n) is 4.38. The Labute approximate surface area is 171 Å². The SMILES string of the molecule is CCC(NC(=O)C(NS(=O)(=O)c1ccc(C)cc1)C(C)O)c1ccc(Cl)cc1. The normalized spacial score (nSPS) is 14.9. The van der Waals surface area contributed by atoms with Crippen LogP contribution in [-0.2, 0) is 14.8 Å². The molecule has 2 aromatic rings. The minimum absolute atomic E-state index is 0.0290. The van der Waals surface area contributed by atoms with Crippen molar-refractivity contribution < 1.29 is 18.3 Å². The maximum absolute atomic E-state index is 12.7. The first-order valence-corrected chi connectivity index (χ1v) is 10.8. The van der Waals surface area contributed by atoms with E-state index in [2.05, 4.69) is 10.0 Å². The summed E-state index contributed by atoms with van der Waals surface area (Å²) in [4.78, 5) is 12.8. The molecule has 0 fully saturated rings. The van der Waals surface area contributed by atoms with Crippen molar-refractivity contribution in [1.29, 1.82) is 0 Å². The quantitative estimate of drug-likeness (QED) is 0.607. The zero-order valence-electron chi connectivity index (χ0n) is 16.0. The predicted molar refractivity (Wildman–Crippen MR) is 110 cm³/mol. The Morgan fingerprint density at radius 3 is 2.18 bits per heavy atom. The summed E-state index contributed by atoms with van der Waals surface area (Å²) in [7, 11) is -3.97. The van der Waals surface area contributed by atoms with Gasteiger partial charge in [-0.05, 0) is 50.1 Å². The second-order valence-electron chi connectivity index (χ2n) is 6.67. The minimum atomic E-state index is -3.97. The first kappa shape index (κ1) is 22.4. The van der Waals surface area contributed by atoms with Crippen LogP contribution in [0.2, 0.25) is 5.02 Å². The standard InChI is InChI=1S/C20H25ClN2O4S/c1-4-18(15-7-9-16(21)10-8-15)22-20(25)19(14(3)24)23-28(26,27)17-11-5-13(2)6-12-17/h5-12,14,18-19,23-24H,4H2,1-3H3,(H,22,25). The molecule has 152 valence electrons. The number of sulfonamides is 1. The van der Waals surface area contributed by atoms with Crippen molar-refractivity contribution in [3.05, 3.63) is 64.7 Å². The molecule has 0 heterocycles. The van der Waals surface area contributed by atoms with Gasteiger partial charge in [0.05, 0.1) is 17.0 Å². The number of aliphatic hydroxyl groups excluding tert-OH is 1. The minimum Gasteiger partial charge on any atom is -0.391 e. The molecule has 28 heavy (non-hydrogen) atoms. The monoisotopic (exact) mass is 424 g/mol. The topological polar surface area (TPSA) is 95.5 Å². The number of amides is 1. The average molecular weight is 425 g/mol. The number of rotatable bonds is 8. The van der Waals surface area contributed by atoms with Gasteiger partial charge in [0.15, 0.2) is 0 Å². The highest BCUT2D eigenvalue weighted by Gasteiger charge is 2.30. The van der Waals surface area contributed by atoms with Gasteiger partial charge >= 0.3 is 0 Å². The second-order valence-corrected chi connectivity index (χ2v) is 8.82. The number of benzene rings is 2. The summed E-state index contributed by atoms with van der Waals surface area (Å²) in [5.74, 6) is -0.604. The van der Waals surface area contributed by atoms with Crippen molar-refractivity contribution in [3.8, 4) is 0 Å². The molecular formula is C20H25ClN2O4S. The molecule has 2 rings (SSSR count). The number of carbonyl (C=O) groups excluding carboxylic acids is 1. The van der Waals surface area contributed by atoms with E-state index in [-0.39, 0.29) is 10.9 Å². The van der Waals surface area contributed by atoms with Crippen LogP contribution in [0.4, 0.5) is 0 Å². The lowest BCUT2D eigenvalue weighted by Gasteiger charge is -2.24. The molecule has 1 amide bonds. The molecule has 0 saturated heterocycles. The van der Waals surface area contributed by atoms with E-state index in [0.717, 1.165) is 11.1 Å². The molecule has 6 nitrogen and oxygen atoms in total. The van der Waals surface area contributed by atoms with Gasteiger partial charge in [0.1, 0.15) is 6.04 Å². The van der Waals surface area contributed by atoms with Gasteiger partial charge < -0.3 is 10.4 Å². The molecule has 0 aliphatic carbocycles. The van der Waals surface area contributed by atoms with Gasteiger partial charge in [-0.3, -0.25) is 4.79 Å². The van der Waals surface area contributed by atoms with E-state index >= 15 is 0 Å². The summed E-state index contributed by atoms with van der Waals surface area (Å²) in [6.07, 6.45) is -0.632. The number of halogens is 1. The molecule has 8 heteroatoms. The first-order chi connectivity index (χ1) is 13.1. The number of carbonyl (C=O) groups is 1. The molecule has 0 spiro atoms. The maximum Gasteiger partial charge on any atom is 0.241 e. The number of hydrogen-bond donors (Lipinski definition) is 3. The van der Waals surface area contributed by atoms with Crippen LogP contribution in [0.25, 0.3) is 0 Å². The Balaban J connectivity index is 2.19. The number of hydrogen-bond acceptors (Lipinski definition) is 4. The highest BCUT2D eigenvalue weighted by molar-refractivity contribution is 7.89. The molecule has 0 saturated carbocycles. The fraction of sp³-hybridized carbons (Fsp3) is 0.350. The molecule has 0 aliphatic rings. The van der Waals surface area contributed by atoms with Crippen molar-refractivity contribution >= 4 is 27.5 Å². The summed E-state index contributed by atoms with van der Waals surface area (Å²) >= 11 is 5.90.